The Hall–Kier alpha value is -0.180. The van der Waals surface area contributed by atoms with Crippen molar-refractivity contribution in [3.63, 3.8) is 0 Å². The van der Waals surface area contributed by atoms with Crippen LogP contribution in [0.5, 0.6) is 0 Å². The van der Waals surface area contributed by atoms with Gasteiger partial charge in [-0.05, 0) is 24.1 Å². The van der Waals surface area contributed by atoms with Gasteiger partial charge in [0.05, 0.1) is 0 Å². The predicted molar refractivity (Wildman–Crippen MR) is 70.6 cm³/mol. The molecular formula is C12H18ClNS. The minimum Gasteiger partial charge on any atom is -0.329 e. The van der Waals surface area contributed by atoms with Crippen LogP contribution in [0.2, 0.25) is 5.02 Å². The van der Waals surface area contributed by atoms with Crippen molar-refractivity contribution >= 4 is 23.4 Å². The molecule has 0 saturated heterocycles. The second kappa shape index (κ2) is 6.41. The lowest BCUT2D eigenvalue weighted by Crippen LogP contribution is -2.12. The molecule has 2 atom stereocenters. The molecule has 1 aromatic carbocycles. The highest BCUT2D eigenvalue weighted by Crippen LogP contribution is 2.32. The Labute approximate surface area is 101 Å². The minimum absolute atomic E-state index is 0.386. The lowest BCUT2D eigenvalue weighted by molar-refractivity contribution is 0.874. The molecule has 0 saturated carbocycles. The molecule has 15 heavy (non-hydrogen) atoms. The van der Waals surface area contributed by atoms with E-state index in [1.807, 2.05) is 23.9 Å². The number of rotatable bonds is 5. The number of benzene rings is 1. The SMILES string of the molecule is CCC(C)SC(CN)c1ccc(Cl)cc1. The Kier molecular flexibility index (Phi) is 5.51. The first-order valence-electron chi connectivity index (χ1n) is 5.28. The summed E-state index contributed by atoms with van der Waals surface area (Å²) in [6.45, 7) is 5.12. The van der Waals surface area contributed by atoms with E-state index in [0.717, 1.165) is 5.02 Å². The van der Waals surface area contributed by atoms with Gasteiger partial charge in [-0.15, -0.1) is 11.8 Å². The molecule has 0 aromatic heterocycles. The number of hydrogen-bond donors (Lipinski definition) is 1. The van der Waals surface area contributed by atoms with Crippen LogP contribution < -0.4 is 5.73 Å². The highest BCUT2D eigenvalue weighted by Gasteiger charge is 2.13. The van der Waals surface area contributed by atoms with Gasteiger partial charge in [-0.25, -0.2) is 0 Å². The predicted octanol–water partition coefficient (Wildman–Crippen LogP) is 3.87. The Morgan fingerprint density at radius 3 is 2.40 bits per heavy atom. The Morgan fingerprint density at radius 2 is 1.93 bits per heavy atom. The van der Waals surface area contributed by atoms with E-state index in [0.29, 0.717) is 17.0 Å². The first-order valence-corrected chi connectivity index (χ1v) is 6.60. The highest BCUT2D eigenvalue weighted by atomic mass is 35.5. The molecule has 0 heterocycles. The molecule has 2 unspecified atom stereocenters. The van der Waals surface area contributed by atoms with Crippen LogP contribution in [0.3, 0.4) is 0 Å². The van der Waals surface area contributed by atoms with Crippen LogP contribution in [0.1, 0.15) is 31.1 Å². The first-order chi connectivity index (χ1) is 7.17. The second-order valence-corrected chi connectivity index (χ2v) is 5.71. The average molecular weight is 244 g/mol. The summed E-state index contributed by atoms with van der Waals surface area (Å²) in [6.07, 6.45) is 1.18. The zero-order valence-corrected chi connectivity index (χ0v) is 10.8. The van der Waals surface area contributed by atoms with Gasteiger partial charge < -0.3 is 5.73 Å². The summed E-state index contributed by atoms with van der Waals surface area (Å²) in [5, 5.41) is 1.81. The summed E-state index contributed by atoms with van der Waals surface area (Å²) in [5.41, 5.74) is 7.06. The van der Waals surface area contributed by atoms with Crippen molar-refractivity contribution in [3.05, 3.63) is 34.9 Å². The molecule has 0 aliphatic carbocycles. The smallest absolute Gasteiger partial charge is 0.0422 e. The van der Waals surface area contributed by atoms with Gasteiger partial charge in [-0.3, -0.25) is 0 Å². The lowest BCUT2D eigenvalue weighted by Gasteiger charge is -2.18. The second-order valence-electron chi connectivity index (χ2n) is 3.63. The van der Waals surface area contributed by atoms with Crippen LogP contribution in [-0.4, -0.2) is 11.8 Å². The van der Waals surface area contributed by atoms with Crippen LogP contribution in [0, 0.1) is 0 Å². The summed E-state index contributed by atoms with van der Waals surface area (Å²) in [4.78, 5) is 0. The van der Waals surface area contributed by atoms with Gasteiger partial charge in [-0.1, -0.05) is 37.6 Å². The standard InChI is InChI=1S/C12H18ClNS/c1-3-9(2)15-12(8-14)10-4-6-11(13)7-5-10/h4-7,9,12H,3,8,14H2,1-2H3. The van der Waals surface area contributed by atoms with Gasteiger partial charge in [0.2, 0.25) is 0 Å². The molecular weight excluding hydrogens is 226 g/mol. The van der Waals surface area contributed by atoms with Crippen LogP contribution in [0.4, 0.5) is 0 Å². The maximum atomic E-state index is 5.85. The van der Waals surface area contributed by atoms with Gasteiger partial charge in [0.15, 0.2) is 0 Å². The summed E-state index contributed by atoms with van der Waals surface area (Å²) < 4.78 is 0. The van der Waals surface area contributed by atoms with Crippen LogP contribution in [0.15, 0.2) is 24.3 Å². The van der Waals surface area contributed by atoms with E-state index < -0.39 is 0 Å². The van der Waals surface area contributed by atoms with E-state index >= 15 is 0 Å². The minimum atomic E-state index is 0.386. The molecule has 0 aliphatic heterocycles. The Morgan fingerprint density at radius 1 is 1.33 bits per heavy atom. The summed E-state index contributed by atoms with van der Waals surface area (Å²) in [6, 6.07) is 7.98. The van der Waals surface area contributed by atoms with E-state index in [1.165, 1.54) is 12.0 Å². The van der Waals surface area contributed by atoms with Gasteiger partial charge >= 0.3 is 0 Å². The Balaban J connectivity index is 2.69. The molecule has 0 fully saturated rings. The van der Waals surface area contributed by atoms with E-state index in [9.17, 15) is 0 Å². The van der Waals surface area contributed by atoms with Gasteiger partial charge in [-0.2, -0.15) is 0 Å². The van der Waals surface area contributed by atoms with Crippen LogP contribution in [-0.2, 0) is 0 Å². The monoisotopic (exact) mass is 243 g/mol. The zero-order chi connectivity index (χ0) is 11.3. The summed E-state index contributed by atoms with van der Waals surface area (Å²) >= 11 is 7.79. The lowest BCUT2D eigenvalue weighted by atomic mass is 10.1. The van der Waals surface area contributed by atoms with E-state index in [4.69, 9.17) is 17.3 Å². The molecule has 0 aliphatic rings. The van der Waals surface area contributed by atoms with Gasteiger partial charge in [0.25, 0.3) is 0 Å². The average Bonchev–Trinajstić information content (AvgIpc) is 2.27. The maximum Gasteiger partial charge on any atom is 0.0422 e. The van der Waals surface area contributed by atoms with Crippen molar-refractivity contribution < 1.29 is 0 Å². The van der Waals surface area contributed by atoms with Crippen LogP contribution >= 0.6 is 23.4 Å². The number of nitrogens with two attached hydrogens (primary N) is 1. The number of hydrogen-bond acceptors (Lipinski definition) is 2. The Bertz CT molecular complexity index is 286. The van der Waals surface area contributed by atoms with Crippen molar-refractivity contribution in [1.82, 2.24) is 0 Å². The van der Waals surface area contributed by atoms with Gasteiger partial charge in [0.1, 0.15) is 0 Å². The molecule has 0 radical (unpaired) electrons. The molecule has 0 bridgehead atoms. The van der Waals surface area contributed by atoms with Crippen LogP contribution in [0.25, 0.3) is 0 Å². The first kappa shape index (κ1) is 12.9. The fourth-order valence-electron chi connectivity index (χ4n) is 1.32. The van der Waals surface area contributed by atoms with E-state index in [1.54, 1.807) is 0 Å². The molecule has 84 valence electrons. The van der Waals surface area contributed by atoms with Gasteiger partial charge in [0, 0.05) is 22.1 Å². The molecule has 0 amide bonds. The summed E-state index contributed by atoms with van der Waals surface area (Å²) in [7, 11) is 0. The third kappa shape index (κ3) is 4.06. The van der Waals surface area contributed by atoms with E-state index in [-0.39, 0.29) is 0 Å². The molecule has 1 rings (SSSR count). The number of halogens is 1. The maximum absolute atomic E-state index is 5.85. The molecule has 1 aromatic rings. The highest BCUT2D eigenvalue weighted by molar-refractivity contribution is 8.00. The van der Waals surface area contributed by atoms with E-state index in [2.05, 4.69) is 26.0 Å². The third-order valence-electron chi connectivity index (χ3n) is 2.43. The zero-order valence-electron chi connectivity index (χ0n) is 9.24. The topological polar surface area (TPSA) is 26.0 Å². The van der Waals surface area contributed by atoms with Crippen molar-refractivity contribution in [3.8, 4) is 0 Å². The molecule has 3 heteroatoms. The normalized spacial score (nSPS) is 14.9. The van der Waals surface area contributed by atoms with Crippen molar-refractivity contribution in [2.75, 3.05) is 6.54 Å². The number of thioether (sulfide) groups is 1. The quantitative estimate of drug-likeness (QED) is 0.850. The molecule has 1 nitrogen and oxygen atoms in total. The fraction of sp³-hybridized carbons (Fsp3) is 0.500. The van der Waals surface area contributed by atoms with Crippen molar-refractivity contribution in [1.29, 1.82) is 0 Å². The van der Waals surface area contributed by atoms with Crippen molar-refractivity contribution in [2.24, 2.45) is 5.73 Å². The van der Waals surface area contributed by atoms with Crippen molar-refractivity contribution in [2.45, 2.75) is 30.8 Å². The third-order valence-corrected chi connectivity index (χ3v) is 4.27. The molecule has 0 spiro atoms. The molecule has 2 N–H and O–H groups in total. The largest absolute Gasteiger partial charge is 0.329 e. The fourth-order valence-corrected chi connectivity index (χ4v) is 2.63. The summed E-state index contributed by atoms with van der Waals surface area (Å²) in [5.74, 6) is 0.